The van der Waals surface area contributed by atoms with E-state index in [1.54, 1.807) is 13.0 Å². The minimum Gasteiger partial charge on any atom is -0.324 e. The maximum atomic E-state index is 12.8. The van der Waals surface area contributed by atoms with Crippen LogP contribution in [0.15, 0.2) is 36.4 Å². The van der Waals surface area contributed by atoms with Crippen LogP contribution in [-0.2, 0) is 14.8 Å². The number of nitro benzene ring substituents is 1. The lowest BCUT2D eigenvalue weighted by molar-refractivity contribution is -0.384. The van der Waals surface area contributed by atoms with Crippen LogP contribution in [0.4, 0.5) is 17.1 Å². The SMILES string of the molecule is Cc1ccc(C)c(NC(=O)C(C)N(c2cc([N+](=O)[O-])ccc2C)S(C)(=O)=O)c1. The Morgan fingerprint density at radius 3 is 2.29 bits per heavy atom. The van der Waals surface area contributed by atoms with Gasteiger partial charge in [0.25, 0.3) is 5.69 Å². The normalized spacial score (nSPS) is 12.3. The number of aryl methyl sites for hydroxylation is 3. The van der Waals surface area contributed by atoms with Crippen LogP contribution < -0.4 is 9.62 Å². The third-order valence-corrected chi connectivity index (χ3v) is 5.61. The van der Waals surface area contributed by atoms with Crippen LogP contribution in [0.2, 0.25) is 0 Å². The van der Waals surface area contributed by atoms with Gasteiger partial charge in [-0.05, 0) is 50.5 Å². The number of carbonyl (C=O) groups is 1. The van der Waals surface area contributed by atoms with E-state index in [4.69, 9.17) is 0 Å². The number of hydrogen-bond donors (Lipinski definition) is 1. The topological polar surface area (TPSA) is 110 Å². The number of sulfonamides is 1. The second kappa shape index (κ2) is 7.97. The molecular formula is C19H23N3O5S. The third kappa shape index (κ3) is 4.66. The summed E-state index contributed by atoms with van der Waals surface area (Å²) in [6, 6.07) is 8.36. The summed E-state index contributed by atoms with van der Waals surface area (Å²) in [6.45, 7) is 6.79. The number of nitrogens with one attached hydrogen (secondary N) is 1. The smallest absolute Gasteiger partial charge is 0.271 e. The van der Waals surface area contributed by atoms with Gasteiger partial charge in [0, 0.05) is 17.8 Å². The quantitative estimate of drug-likeness (QED) is 0.586. The Balaban J connectivity index is 2.46. The highest BCUT2D eigenvalue weighted by molar-refractivity contribution is 7.92. The molecule has 2 aromatic carbocycles. The largest absolute Gasteiger partial charge is 0.324 e. The van der Waals surface area contributed by atoms with Crippen LogP contribution >= 0.6 is 0 Å². The molecule has 2 rings (SSSR count). The van der Waals surface area contributed by atoms with Gasteiger partial charge >= 0.3 is 0 Å². The van der Waals surface area contributed by atoms with Crippen molar-refractivity contribution in [3.63, 3.8) is 0 Å². The van der Waals surface area contributed by atoms with Crippen LogP contribution in [0.1, 0.15) is 23.6 Å². The second-order valence-electron chi connectivity index (χ2n) is 6.77. The first kappa shape index (κ1) is 21.4. The average molecular weight is 405 g/mol. The van der Waals surface area contributed by atoms with Gasteiger partial charge in [0.2, 0.25) is 15.9 Å². The molecular weight excluding hydrogens is 382 g/mol. The lowest BCUT2D eigenvalue weighted by atomic mass is 10.1. The van der Waals surface area contributed by atoms with Crippen LogP contribution in [0.5, 0.6) is 0 Å². The summed E-state index contributed by atoms with van der Waals surface area (Å²) in [5.74, 6) is -0.537. The van der Waals surface area contributed by atoms with Gasteiger partial charge in [-0.3, -0.25) is 19.2 Å². The maximum absolute atomic E-state index is 12.8. The number of anilines is 2. The molecule has 0 aromatic heterocycles. The monoisotopic (exact) mass is 405 g/mol. The van der Waals surface area contributed by atoms with Gasteiger partial charge in [-0.25, -0.2) is 8.42 Å². The molecule has 0 heterocycles. The average Bonchev–Trinajstić information content (AvgIpc) is 2.58. The molecule has 0 fully saturated rings. The number of hydrogen-bond acceptors (Lipinski definition) is 5. The summed E-state index contributed by atoms with van der Waals surface area (Å²) in [5.41, 5.74) is 2.71. The Hall–Kier alpha value is -2.94. The highest BCUT2D eigenvalue weighted by atomic mass is 32.2. The van der Waals surface area contributed by atoms with E-state index >= 15 is 0 Å². The number of amides is 1. The van der Waals surface area contributed by atoms with E-state index in [0.717, 1.165) is 27.8 Å². The van der Waals surface area contributed by atoms with Crippen molar-refractivity contribution in [1.82, 2.24) is 0 Å². The number of rotatable bonds is 6. The molecule has 1 unspecified atom stereocenters. The summed E-state index contributed by atoms with van der Waals surface area (Å²) in [7, 11) is -3.89. The zero-order valence-corrected chi connectivity index (χ0v) is 17.2. The molecule has 0 saturated carbocycles. The van der Waals surface area contributed by atoms with Crippen molar-refractivity contribution in [3.8, 4) is 0 Å². The van der Waals surface area contributed by atoms with Crippen LogP contribution in [0, 0.1) is 30.9 Å². The summed E-state index contributed by atoms with van der Waals surface area (Å²) < 4.78 is 25.8. The molecule has 0 radical (unpaired) electrons. The summed E-state index contributed by atoms with van der Waals surface area (Å²) >= 11 is 0. The molecule has 0 aliphatic heterocycles. The van der Waals surface area contributed by atoms with Crippen molar-refractivity contribution in [1.29, 1.82) is 0 Å². The van der Waals surface area contributed by atoms with E-state index in [9.17, 15) is 23.3 Å². The van der Waals surface area contributed by atoms with Crippen molar-refractivity contribution in [2.75, 3.05) is 15.9 Å². The number of nitro groups is 1. The second-order valence-corrected chi connectivity index (χ2v) is 8.63. The fraction of sp³-hybridized carbons (Fsp3) is 0.316. The van der Waals surface area contributed by atoms with Crippen LogP contribution in [0.3, 0.4) is 0 Å². The Labute approximate surface area is 164 Å². The van der Waals surface area contributed by atoms with E-state index < -0.39 is 26.9 Å². The first-order chi connectivity index (χ1) is 12.9. The fourth-order valence-corrected chi connectivity index (χ4v) is 4.06. The van der Waals surface area contributed by atoms with Gasteiger partial charge in [-0.1, -0.05) is 18.2 Å². The van der Waals surface area contributed by atoms with E-state index in [1.807, 2.05) is 26.0 Å². The molecule has 28 heavy (non-hydrogen) atoms. The Morgan fingerprint density at radius 1 is 1.11 bits per heavy atom. The van der Waals surface area contributed by atoms with Crippen molar-refractivity contribution in [2.45, 2.75) is 33.7 Å². The Morgan fingerprint density at radius 2 is 1.71 bits per heavy atom. The zero-order valence-electron chi connectivity index (χ0n) is 16.4. The van der Waals surface area contributed by atoms with Crippen LogP contribution in [-0.4, -0.2) is 31.5 Å². The number of nitrogens with zero attached hydrogens (tertiary/aromatic N) is 2. The van der Waals surface area contributed by atoms with Crippen molar-refractivity contribution >= 4 is 33.0 Å². The van der Waals surface area contributed by atoms with Gasteiger partial charge < -0.3 is 5.32 Å². The molecule has 1 N–H and O–H groups in total. The molecule has 0 saturated heterocycles. The summed E-state index contributed by atoms with van der Waals surface area (Å²) in [4.78, 5) is 23.3. The van der Waals surface area contributed by atoms with Gasteiger partial charge in [-0.2, -0.15) is 0 Å². The fourth-order valence-electron chi connectivity index (χ4n) is 2.84. The highest BCUT2D eigenvalue weighted by Gasteiger charge is 2.31. The minimum atomic E-state index is -3.89. The summed E-state index contributed by atoms with van der Waals surface area (Å²) in [6.07, 6.45) is 0.965. The van der Waals surface area contributed by atoms with Gasteiger partial charge in [0.15, 0.2) is 0 Å². The number of non-ortho nitro benzene ring substituents is 1. The molecule has 0 aliphatic rings. The highest BCUT2D eigenvalue weighted by Crippen LogP contribution is 2.29. The van der Waals surface area contributed by atoms with Crippen molar-refractivity contribution in [2.24, 2.45) is 0 Å². The molecule has 9 heteroatoms. The first-order valence-corrected chi connectivity index (χ1v) is 10.4. The van der Waals surface area contributed by atoms with Gasteiger partial charge in [0.05, 0.1) is 16.9 Å². The predicted molar refractivity (Wildman–Crippen MR) is 109 cm³/mol. The maximum Gasteiger partial charge on any atom is 0.271 e. The standard InChI is InChI=1S/C19H23N3O5S/c1-12-6-7-13(2)17(10-12)20-19(23)15(4)21(28(5,26)27)18-11-16(22(24)25)9-8-14(18)3/h6-11,15H,1-5H3,(H,20,23). The van der Waals surface area contributed by atoms with E-state index in [1.165, 1.54) is 19.1 Å². The number of carbonyl (C=O) groups excluding carboxylic acids is 1. The van der Waals surface area contributed by atoms with Gasteiger partial charge in [-0.15, -0.1) is 0 Å². The van der Waals surface area contributed by atoms with E-state index in [2.05, 4.69) is 5.32 Å². The van der Waals surface area contributed by atoms with Crippen molar-refractivity contribution in [3.05, 3.63) is 63.2 Å². The molecule has 0 spiro atoms. The van der Waals surface area contributed by atoms with E-state index in [0.29, 0.717) is 11.3 Å². The molecule has 150 valence electrons. The third-order valence-electron chi connectivity index (χ3n) is 4.38. The molecule has 2 aromatic rings. The summed E-state index contributed by atoms with van der Waals surface area (Å²) in [5, 5.41) is 13.9. The lowest BCUT2D eigenvalue weighted by Gasteiger charge is -2.29. The molecule has 1 atom stereocenters. The minimum absolute atomic E-state index is 0.0975. The van der Waals surface area contributed by atoms with Crippen molar-refractivity contribution < 1.29 is 18.1 Å². The lowest BCUT2D eigenvalue weighted by Crippen LogP contribution is -2.45. The zero-order chi connectivity index (χ0) is 21.2. The number of benzene rings is 2. The molecule has 0 bridgehead atoms. The Bertz CT molecular complexity index is 1030. The predicted octanol–water partition coefficient (Wildman–Crippen LogP) is 3.31. The first-order valence-electron chi connectivity index (χ1n) is 8.54. The van der Waals surface area contributed by atoms with E-state index in [-0.39, 0.29) is 11.4 Å². The molecule has 8 nitrogen and oxygen atoms in total. The van der Waals surface area contributed by atoms with Crippen LogP contribution in [0.25, 0.3) is 0 Å². The molecule has 1 amide bonds. The molecule has 0 aliphatic carbocycles. The van der Waals surface area contributed by atoms with Gasteiger partial charge in [0.1, 0.15) is 6.04 Å². The Kier molecular flexibility index (Phi) is 6.08.